The third-order valence-corrected chi connectivity index (χ3v) is 4.59. The zero-order valence-corrected chi connectivity index (χ0v) is 9.40. The van der Waals surface area contributed by atoms with Crippen LogP contribution in [0, 0.1) is 5.92 Å². The molecule has 0 amide bonds. The van der Waals surface area contributed by atoms with E-state index >= 15 is 0 Å². The van der Waals surface area contributed by atoms with E-state index in [9.17, 15) is 13.2 Å². The maximum atomic E-state index is 11.7. The molecule has 0 aliphatic carbocycles. The maximum Gasteiger partial charge on any atom is 0.308 e. The molecule has 86 valence electrons. The standard InChI is InChI=1S/C9H15NO4S/c1-3-6-15(13,14)10-5-4-8(7(10)2)9(11)12/h3,7-8H,1,4-6H2,2H3,(H,11,12). The van der Waals surface area contributed by atoms with Crippen LogP contribution < -0.4 is 0 Å². The van der Waals surface area contributed by atoms with Gasteiger partial charge in [0.15, 0.2) is 0 Å². The summed E-state index contributed by atoms with van der Waals surface area (Å²) >= 11 is 0. The molecule has 1 aliphatic heterocycles. The summed E-state index contributed by atoms with van der Waals surface area (Å²) in [5.41, 5.74) is 0. The number of hydrogen-bond acceptors (Lipinski definition) is 3. The average Bonchev–Trinajstić information content (AvgIpc) is 2.47. The number of carboxylic acids is 1. The molecule has 6 heteroatoms. The number of nitrogens with zero attached hydrogens (tertiary/aromatic N) is 1. The number of carbonyl (C=O) groups is 1. The summed E-state index contributed by atoms with van der Waals surface area (Å²) in [6.45, 7) is 5.29. The molecule has 1 N–H and O–H groups in total. The third kappa shape index (κ3) is 2.38. The minimum absolute atomic E-state index is 0.135. The highest BCUT2D eigenvalue weighted by atomic mass is 32.2. The predicted octanol–water partition coefficient (Wildman–Crippen LogP) is 0.297. The summed E-state index contributed by atoms with van der Waals surface area (Å²) in [7, 11) is -3.37. The van der Waals surface area contributed by atoms with E-state index in [1.807, 2.05) is 0 Å². The van der Waals surface area contributed by atoms with Crippen LogP contribution in [-0.4, -0.2) is 42.1 Å². The molecule has 1 heterocycles. The van der Waals surface area contributed by atoms with E-state index in [2.05, 4.69) is 6.58 Å². The number of rotatable bonds is 4. The van der Waals surface area contributed by atoms with Gasteiger partial charge in [-0.25, -0.2) is 8.42 Å². The lowest BCUT2D eigenvalue weighted by Gasteiger charge is -2.21. The molecule has 0 aromatic heterocycles. The first kappa shape index (κ1) is 12.2. The Morgan fingerprint density at radius 1 is 1.67 bits per heavy atom. The molecule has 0 radical (unpaired) electrons. The molecule has 0 saturated carbocycles. The Morgan fingerprint density at radius 3 is 2.67 bits per heavy atom. The van der Waals surface area contributed by atoms with E-state index < -0.39 is 28.0 Å². The molecule has 1 fully saturated rings. The van der Waals surface area contributed by atoms with Gasteiger partial charge in [-0.15, -0.1) is 6.58 Å². The molecule has 0 aromatic rings. The molecule has 1 rings (SSSR count). The minimum atomic E-state index is -3.37. The number of carboxylic acid groups (broad SMARTS) is 1. The molecular weight excluding hydrogens is 218 g/mol. The van der Waals surface area contributed by atoms with E-state index in [0.717, 1.165) is 0 Å². The Labute approximate surface area is 89.4 Å². The summed E-state index contributed by atoms with van der Waals surface area (Å²) in [6.07, 6.45) is 1.70. The predicted molar refractivity (Wildman–Crippen MR) is 55.9 cm³/mol. The first-order chi connectivity index (χ1) is 6.90. The van der Waals surface area contributed by atoms with Gasteiger partial charge in [-0.05, 0) is 13.3 Å². The van der Waals surface area contributed by atoms with Gasteiger partial charge in [0.2, 0.25) is 10.0 Å². The first-order valence-corrected chi connectivity index (χ1v) is 6.34. The second-order valence-electron chi connectivity index (χ2n) is 3.65. The third-order valence-electron chi connectivity index (χ3n) is 2.70. The molecular formula is C9H15NO4S. The lowest BCUT2D eigenvalue weighted by Crippen LogP contribution is -2.38. The Hall–Kier alpha value is -0.880. The topological polar surface area (TPSA) is 74.7 Å². The maximum absolute atomic E-state index is 11.7. The molecule has 0 spiro atoms. The minimum Gasteiger partial charge on any atom is -0.481 e. The van der Waals surface area contributed by atoms with Gasteiger partial charge in [0.25, 0.3) is 0 Å². The molecule has 5 nitrogen and oxygen atoms in total. The molecule has 0 bridgehead atoms. The van der Waals surface area contributed by atoms with Gasteiger partial charge in [-0.1, -0.05) is 6.08 Å². The molecule has 2 atom stereocenters. The molecule has 1 aliphatic rings. The van der Waals surface area contributed by atoms with E-state index in [-0.39, 0.29) is 12.3 Å². The van der Waals surface area contributed by atoms with Crippen molar-refractivity contribution in [2.45, 2.75) is 19.4 Å². The zero-order chi connectivity index (χ0) is 11.6. The number of sulfonamides is 1. The van der Waals surface area contributed by atoms with Crippen LogP contribution in [0.2, 0.25) is 0 Å². The Kier molecular flexibility index (Phi) is 3.51. The normalized spacial score (nSPS) is 27.8. The number of hydrogen-bond donors (Lipinski definition) is 1. The lowest BCUT2D eigenvalue weighted by molar-refractivity contribution is -0.142. The van der Waals surface area contributed by atoms with Crippen molar-refractivity contribution in [2.75, 3.05) is 12.3 Å². The van der Waals surface area contributed by atoms with Crippen molar-refractivity contribution < 1.29 is 18.3 Å². The first-order valence-electron chi connectivity index (χ1n) is 4.73. The highest BCUT2D eigenvalue weighted by molar-refractivity contribution is 7.89. The second-order valence-corrected chi connectivity index (χ2v) is 5.62. The largest absolute Gasteiger partial charge is 0.481 e. The zero-order valence-electron chi connectivity index (χ0n) is 8.59. The van der Waals surface area contributed by atoms with Gasteiger partial charge < -0.3 is 5.11 Å². The summed E-state index contributed by atoms with van der Waals surface area (Å²) in [5.74, 6) is -1.66. The van der Waals surface area contributed by atoms with Crippen molar-refractivity contribution in [3.05, 3.63) is 12.7 Å². The molecule has 15 heavy (non-hydrogen) atoms. The van der Waals surface area contributed by atoms with E-state index in [1.54, 1.807) is 6.92 Å². The monoisotopic (exact) mass is 233 g/mol. The van der Waals surface area contributed by atoms with Crippen LogP contribution in [-0.2, 0) is 14.8 Å². The van der Waals surface area contributed by atoms with Crippen molar-refractivity contribution in [1.29, 1.82) is 0 Å². The van der Waals surface area contributed by atoms with Gasteiger partial charge in [0.1, 0.15) is 0 Å². The van der Waals surface area contributed by atoms with Crippen molar-refractivity contribution >= 4 is 16.0 Å². The summed E-state index contributed by atoms with van der Waals surface area (Å²) < 4.78 is 24.6. The highest BCUT2D eigenvalue weighted by Gasteiger charge is 2.40. The fraction of sp³-hybridized carbons (Fsp3) is 0.667. The lowest BCUT2D eigenvalue weighted by atomic mass is 10.0. The van der Waals surface area contributed by atoms with Gasteiger partial charge >= 0.3 is 5.97 Å². The van der Waals surface area contributed by atoms with Crippen molar-refractivity contribution in [2.24, 2.45) is 5.92 Å². The molecule has 2 unspecified atom stereocenters. The van der Waals surface area contributed by atoms with Gasteiger partial charge in [-0.3, -0.25) is 4.79 Å². The Bertz CT molecular complexity index is 362. The SMILES string of the molecule is C=CCS(=O)(=O)N1CCC(C(=O)O)C1C. The van der Waals surface area contributed by atoms with Crippen LogP contribution >= 0.6 is 0 Å². The second kappa shape index (κ2) is 4.32. The van der Waals surface area contributed by atoms with E-state index in [4.69, 9.17) is 5.11 Å². The van der Waals surface area contributed by atoms with Gasteiger partial charge in [0.05, 0.1) is 11.7 Å². The molecule has 0 aromatic carbocycles. The van der Waals surface area contributed by atoms with Crippen LogP contribution in [0.3, 0.4) is 0 Å². The Balaban J connectivity index is 2.84. The average molecular weight is 233 g/mol. The van der Waals surface area contributed by atoms with Crippen LogP contribution in [0.25, 0.3) is 0 Å². The van der Waals surface area contributed by atoms with Crippen molar-refractivity contribution in [3.8, 4) is 0 Å². The summed E-state index contributed by atoms with van der Waals surface area (Å²) in [4.78, 5) is 10.8. The molecule has 1 saturated heterocycles. The van der Waals surface area contributed by atoms with Crippen LogP contribution in [0.15, 0.2) is 12.7 Å². The van der Waals surface area contributed by atoms with Crippen molar-refractivity contribution in [1.82, 2.24) is 4.31 Å². The Morgan fingerprint density at radius 2 is 2.27 bits per heavy atom. The van der Waals surface area contributed by atoms with Crippen LogP contribution in [0.4, 0.5) is 0 Å². The fourth-order valence-electron chi connectivity index (χ4n) is 1.88. The quantitative estimate of drug-likeness (QED) is 0.708. The van der Waals surface area contributed by atoms with Gasteiger partial charge in [0, 0.05) is 12.6 Å². The fourth-order valence-corrected chi connectivity index (χ4v) is 3.41. The summed E-state index contributed by atoms with van der Waals surface area (Å²) in [5, 5.41) is 8.86. The van der Waals surface area contributed by atoms with Crippen LogP contribution in [0.1, 0.15) is 13.3 Å². The van der Waals surface area contributed by atoms with E-state index in [1.165, 1.54) is 10.4 Å². The van der Waals surface area contributed by atoms with Crippen LogP contribution in [0.5, 0.6) is 0 Å². The highest BCUT2D eigenvalue weighted by Crippen LogP contribution is 2.27. The smallest absolute Gasteiger partial charge is 0.308 e. The number of aliphatic carboxylic acids is 1. The summed E-state index contributed by atoms with van der Waals surface area (Å²) in [6, 6.07) is -0.465. The van der Waals surface area contributed by atoms with Crippen molar-refractivity contribution in [3.63, 3.8) is 0 Å². The van der Waals surface area contributed by atoms with E-state index in [0.29, 0.717) is 6.42 Å². The van der Waals surface area contributed by atoms with Gasteiger partial charge in [-0.2, -0.15) is 4.31 Å².